The molecular formula is C11H13ClFN4O7P. The molecule has 2 aromatic rings. The number of aromatic nitrogens is 4. The minimum atomic E-state index is -4.79. The fourth-order valence-electron chi connectivity index (χ4n) is 2.43. The second-order valence-electron chi connectivity index (χ2n) is 5.11. The molecule has 2 unspecified atom stereocenters. The number of halogens is 2. The monoisotopic (exact) mass is 398 g/mol. The molecule has 0 aliphatic carbocycles. The van der Waals surface area contributed by atoms with Crippen molar-refractivity contribution in [2.45, 2.75) is 24.6 Å². The molecule has 2 aromatic heterocycles. The number of imidazole rings is 1. The van der Waals surface area contributed by atoms with Gasteiger partial charge in [0.15, 0.2) is 23.6 Å². The van der Waals surface area contributed by atoms with E-state index in [1.54, 1.807) is 0 Å². The van der Waals surface area contributed by atoms with E-state index in [9.17, 15) is 14.1 Å². The summed E-state index contributed by atoms with van der Waals surface area (Å²) in [7, 11) is -3.44. The van der Waals surface area contributed by atoms with Crippen molar-refractivity contribution in [3.63, 3.8) is 0 Å². The molecule has 0 amide bonds. The van der Waals surface area contributed by atoms with Crippen molar-refractivity contribution >= 4 is 30.6 Å². The lowest BCUT2D eigenvalue weighted by Gasteiger charge is -2.15. The summed E-state index contributed by atoms with van der Waals surface area (Å²) in [5, 5.41) is 9.74. The minimum absolute atomic E-state index is 0.0732. The van der Waals surface area contributed by atoms with Crippen molar-refractivity contribution in [1.29, 1.82) is 0 Å². The number of ether oxygens (including phenoxy) is 2. The van der Waals surface area contributed by atoms with Crippen LogP contribution in [0.3, 0.4) is 0 Å². The number of alkyl halides is 1. The lowest BCUT2D eigenvalue weighted by molar-refractivity contribution is -0.0451. The van der Waals surface area contributed by atoms with Crippen LogP contribution >= 0.6 is 19.4 Å². The summed E-state index contributed by atoms with van der Waals surface area (Å²) in [4.78, 5) is 29.2. The summed E-state index contributed by atoms with van der Waals surface area (Å²) < 4.78 is 41.0. The van der Waals surface area contributed by atoms with Crippen LogP contribution in [0.5, 0.6) is 5.88 Å². The first-order valence-electron chi connectivity index (χ1n) is 6.83. The molecule has 138 valence electrons. The summed E-state index contributed by atoms with van der Waals surface area (Å²) in [6, 6.07) is 0. The molecule has 3 heterocycles. The van der Waals surface area contributed by atoms with Gasteiger partial charge in [-0.15, -0.1) is 0 Å². The normalized spacial score (nSPS) is 27.1. The highest BCUT2D eigenvalue weighted by molar-refractivity contribution is 7.46. The lowest BCUT2D eigenvalue weighted by Crippen LogP contribution is -2.31. The third-order valence-electron chi connectivity index (χ3n) is 3.53. The number of phosphoric ester groups is 1. The molecule has 1 saturated heterocycles. The van der Waals surface area contributed by atoms with Crippen LogP contribution in [-0.4, -0.2) is 66.5 Å². The van der Waals surface area contributed by atoms with E-state index in [0.717, 1.165) is 0 Å². The van der Waals surface area contributed by atoms with Crippen molar-refractivity contribution in [3.8, 4) is 5.88 Å². The Morgan fingerprint density at radius 2 is 2.20 bits per heavy atom. The molecule has 4 atom stereocenters. The maximum atomic E-state index is 14.4. The number of hydrogen-bond acceptors (Lipinski definition) is 8. The molecule has 14 heteroatoms. The van der Waals surface area contributed by atoms with Gasteiger partial charge in [-0.05, 0) is 11.6 Å². The van der Waals surface area contributed by atoms with E-state index in [-0.39, 0.29) is 22.3 Å². The number of fused-ring (bicyclic) bond motifs is 1. The van der Waals surface area contributed by atoms with Crippen LogP contribution in [0.2, 0.25) is 5.28 Å². The molecule has 0 aromatic carbocycles. The van der Waals surface area contributed by atoms with Gasteiger partial charge in [-0.1, -0.05) is 0 Å². The molecule has 11 nitrogen and oxygen atoms in total. The first-order chi connectivity index (χ1) is 11.7. The highest BCUT2D eigenvalue weighted by Crippen LogP contribution is 2.39. The molecular weight excluding hydrogens is 386 g/mol. The van der Waals surface area contributed by atoms with E-state index in [4.69, 9.17) is 30.9 Å². The largest absolute Gasteiger partial charge is 0.479 e. The summed E-state index contributed by atoms with van der Waals surface area (Å²) in [6.45, 7) is -0.700. The topological polar surface area (TPSA) is 149 Å². The number of hydrogen-bond donors (Lipinski definition) is 3. The Hall–Kier alpha value is -1.40. The van der Waals surface area contributed by atoms with Crippen molar-refractivity contribution < 1.29 is 37.8 Å². The Kier molecular flexibility index (Phi) is 4.95. The first-order valence-corrected chi connectivity index (χ1v) is 8.74. The molecule has 3 rings (SSSR count). The quantitative estimate of drug-likeness (QED) is 0.470. The van der Waals surface area contributed by atoms with Gasteiger partial charge in [0, 0.05) is 0 Å². The number of methoxy groups -OCH3 is 1. The number of nitrogens with zero attached hydrogens (tertiary/aromatic N) is 4. The standard InChI is InChI=1S/C11H13ClFN4O7P/c1-22-9-6-8(15-11(12)16-9)17(3-14-6)10-5(13)7(18)4(24-10)2-23-25(19,20)21/h3-5,7,10,18H,2H2,1H3,(H2,19,20,21)/t4-,5?,7?,10-/m1/s1. The fourth-order valence-corrected chi connectivity index (χ4v) is 2.93. The Balaban J connectivity index is 1.90. The molecule has 0 bridgehead atoms. The van der Waals surface area contributed by atoms with Crippen molar-refractivity contribution in [1.82, 2.24) is 19.5 Å². The lowest BCUT2D eigenvalue weighted by atomic mass is 10.1. The van der Waals surface area contributed by atoms with Gasteiger partial charge in [-0.25, -0.2) is 13.9 Å². The molecule has 1 fully saturated rings. The van der Waals surface area contributed by atoms with Gasteiger partial charge < -0.3 is 24.4 Å². The molecule has 3 N–H and O–H groups in total. The summed E-state index contributed by atoms with van der Waals surface area (Å²) in [5.74, 6) is 0.0732. The zero-order valence-corrected chi connectivity index (χ0v) is 14.2. The second kappa shape index (κ2) is 6.72. The van der Waals surface area contributed by atoms with Crippen molar-refractivity contribution in [2.24, 2.45) is 0 Å². The highest BCUT2D eigenvalue weighted by Gasteiger charge is 2.46. The van der Waals surface area contributed by atoms with Crippen LogP contribution in [0.25, 0.3) is 11.2 Å². The molecule has 0 saturated carbocycles. The Bertz CT molecular complexity index is 832. The van der Waals surface area contributed by atoms with Crippen LogP contribution in [-0.2, 0) is 13.8 Å². The van der Waals surface area contributed by atoms with Gasteiger partial charge in [-0.2, -0.15) is 9.97 Å². The predicted octanol–water partition coefficient (Wildman–Crippen LogP) is 0.194. The second-order valence-corrected chi connectivity index (χ2v) is 6.69. The van der Waals surface area contributed by atoms with Crippen LogP contribution in [0.1, 0.15) is 6.23 Å². The van der Waals surface area contributed by atoms with Gasteiger partial charge in [0.05, 0.1) is 20.0 Å². The smallest absolute Gasteiger partial charge is 0.469 e. The summed E-state index contributed by atoms with van der Waals surface area (Å²) in [5.41, 5.74) is 0.306. The number of phosphoric acid groups is 1. The number of aliphatic hydroxyl groups excluding tert-OH is 1. The summed E-state index contributed by atoms with van der Waals surface area (Å²) >= 11 is 5.80. The molecule has 0 radical (unpaired) electrons. The van der Waals surface area contributed by atoms with Crippen molar-refractivity contribution in [3.05, 3.63) is 11.6 Å². The molecule has 1 aliphatic heterocycles. The summed E-state index contributed by atoms with van der Waals surface area (Å²) in [6.07, 6.45) is -5.06. The maximum absolute atomic E-state index is 14.4. The number of rotatable bonds is 5. The average Bonchev–Trinajstić information content (AvgIpc) is 3.06. The van der Waals surface area contributed by atoms with Crippen molar-refractivity contribution in [2.75, 3.05) is 13.7 Å². The SMILES string of the molecule is COc1nc(Cl)nc2c1ncn2[C@@H]1O[C@H](COP(=O)(O)O)C(O)C1F. The molecule has 1 aliphatic rings. The fraction of sp³-hybridized carbons (Fsp3) is 0.545. The zero-order chi connectivity index (χ0) is 18.4. The third kappa shape index (κ3) is 3.60. The zero-order valence-electron chi connectivity index (χ0n) is 12.6. The van der Waals surface area contributed by atoms with E-state index in [0.29, 0.717) is 0 Å². The van der Waals surface area contributed by atoms with E-state index < -0.39 is 39.0 Å². The van der Waals surface area contributed by atoms with E-state index >= 15 is 0 Å². The number of aliphatic hydroxyl groups is 1. The Labute approximate surface area is 144 Å². The van der Waals surface area contributed by atoms with E-state index in [2.05, 4.69) is 19.5 Å². The van der Waals surface area contributed by atoms with E-state index in [1.807, 2.05) is 0 Å². The van der Waals surface area contributed by atoms with Gasteiger partial charge in [0.2, 0.25) is 11.2 Å². The molecule has 25 heavy (non-hydrogen) atoms. The Morgan fingerprint density at radius 1 is 1.48 bits per heavy atom. The Morgan fingerprint density at radius 3 is 2.84 bits per heavy atom. The van der Waals surface area contributed by atoms with Gasteiger partial charge in [0.25, 0.3) is 0 Å². The van der Waals surface area contributed by atoms with Crippen LogP contribution in [0.4, 0.5) is 4.39 Å². The van der Waals surface area contributed by atoms with Gasteiger partial charge >= 0.3 is 7.82 Å². The predicted molar refractivity (Wildman–Crippen MR) is 79.7 cm³/mol. The minimum Gasteiger partial charge on any atom is -0.479 e. The average molecular weight is 399 g/mol. The van der Waals surface area contributed by atoms with Crippen LogP contribution in [0, 0.1) is 0 Å². The maximum Gasteiger partial charge on any atom is 0.469 e. The first kappa shape index (κ1) is 18.4. The van der Waals surface area contributed by atoms with E-state index in [1.165, 1.54) is 18.0 Å². The third-order valence-corrected chi connectivity index (χ3v) is 4.18. The molecule has 0 spiro atoms. The highest BCUT2D eigenvalue weighted by atomic mass is 35.5. The van der Waals surface area contributed by atoms with Gasteiger partial charge in [-0.3, -0.25) is 9.09 Å². The van der Waals surface area contributed by atoms with Gasteiger partial charge in [0.1, 0.15) is 12.2 Å². The van der Waals surface area contributed by atoms with Crippen LogP contribution < -0.4 is 4.74 Å². The van der Waals surface area contributed by atoms with Crippen LogP contribution in [0.15, 0.2) is 6.33 Å².